The number of halogens is 2. The lowest BCUT2D eigenvalue weighted by atomic mass is 9.78. The zero-order valence-electron chi connectivity index (χ0n) is 26.3. The number of fused-ring (bicyclic) bond motifs is 2. The van der Waals surface area contributed by atoms with Crippen molar-refractivity contribution in [3.8, 4) is 11.1 Å². The van der Waals surface area contributed by atoms with Crippen molar-refractivity contribution in [3.05, 3.63) is 140 Å². The normalized spacial score (nSPS) is 22.1. The predicted molar refractivity (Wildman–Crippen MR) is 178 cm³/mol. The van der Waals surface area contributed by atoms with Crippen molar-refractivity contribution < 1.29 is 39.0 Å². The molecule has 6 N–H and O–H groups in total. The molecule has 0 radical (unpaired) electrons. The second-order valence-corrected chi connectivity index (χ2v) is 15.3. The van der Waals surface area contributed by atoms with E-state index in [1.165, 1.54) is 72.8 Å². The van der Waals surface area contributed by atoms with Crippen LogP contribution in [-0.2, 0) is 29.7 Å². The summed E-state index contributed by atoms with van der Waals surface area (Å²) in [6.07, 6.45) is -1.22. The maximum atomic E-state index is 13.3. The number of nitrogens with one attached hydrogen (secondary N) is 2. The first kappa shape index (κ1) is 30.9. The lowest BCUT2D eigenvalue weighted by Gasteiger charge is -2.37. The van der Waals surface area contributed by atoms with Crippen LogP contribution in [0.3, 0.4) is 0 Å². The molecule has 0 aromatic heterocycles. The van der Waals surface area contributed by atoms with E-state index in [9.17, 15) is 36.2 Å². The molecule has 2 unspecified atom stereocenters. The van der Waals surface area contributed by atoms with Crippen molar-refractivity contribution in [2.45, 2.75) is 22.3 Å². The molecule has 0 bridgehead atoms. The molecule has 0 saturated carbocycles. The second-order valence-electron chi connectivity index (χ2n) is 11.2. The van der Waals surface area contributed by atoms with Crippen LogP contribution >= 0.6 is 23.2 Å². The maximum Gasteiger partial charge on any atom is 0.279 e. The molecule has 0 heterocycles. The minimum Gasteiger partial charge on any atom is -0.505 e. The summed E-state index contributed by atoms with van der Waals surface area (Å²) in [7, 11) is -10.1. The molecule has 0 amide bonds. The van der Waals surface area contributed by atoms with Crippen LogP contribution in [0.2, 0.25) is 12.9 Å². The Morgan fingerprint density at radius 1 is 0.625 bits per heavy atom. The molecule has 0 fully saturated rings. The Morgan fingerprint density at radius 2 is 1.00 bits per heavy atom. The fraction of sp³-hybridized carbons (Fsp3) is 0.125. The van der Waals surface area contributed by atoms with Gasteiger partial charge in [-0.3, -0.25) is 9.11 Å². The molecular formula is C32H24Cl2N4O8S2. The van der Waals surface area contributed by atoms with Gasteiger partial charge in [-0.2, -0.15) is 27.1 Å². The largest absolute Gasteiger partial charge is 0.505 e. The fourth-order valence-corrected chi connectivity index (χ4v) is 9.91. The Kier molecular flexibility index (Phi) is 7.47. The molecule has 16 heteroatoms. The van der Waals surface area contributed by atoms with Gasteiger partial charge in [0.15, 0.2) is 9.49 Å². The molecule has 2 aliphatic carbocycles. The van der Waals surface area contributed by atoms with Gasteiger partial charge in [0.25, 0.3) is 20.2 Å². The maximum absolute atomic E-state index is 13.3. The summed E-state index contributed by atoms with van der Waals surface area (Å²) < 4.78 is 84.5. The molecule has 0 saturated heterocycles. The fourth-order valence-electron chi connectivity index (χ4n) is 6.65. The van der Waals surface area contributed by atoms with Crippen LogP contribution in [0.5, 0.6) is 0 Å². The van der Waals surface area contributed by atoms with Gasteiger partial charge in [0, 0.05) is 34.0 Å². The van der Waals surface area contributed by atoms with Gasteiger partial charge in [-0.05, 0) is 45.5 Å². The van der Waals surface area contributed by atoms with E-state index in [1.54, 1.807) is 12.1 Å². The molecule has 246 valence electrons. The summed E-state index contributed by atoms with van der Waals surface area (Å²) in [5.74, 6) is -0.829. The van der Waals surface area contributed by atoms with Crippen molar-refractivity contribution in [2.24, 2.45) is 10.2 Å². The number of hydrogen-bond donors (Lipinski definition) is 6. The second kappa shape index (κ2) is 11.6. The SMILES string of the molecule is [H]/N=N/C1=C(O)c2ccccc2C(c2ccc(-c3ccc(C4(S(=O)(=O)O)CC(/N=N/[H])=C(O)c5ccccc54)c(Cl)c3)cc2Cl)(S(=O)(=O)O)C1. The number of hydrogen-bond acceptors (Lipinski definition) is 10. The number of benzene rings is 4. The summed E-state index contributed by atoms with van der Waals surface area (Å²) in [6.45, 7) is 0. The van der Waals surface area contributed by atoms with Gasteiger partial charge in [0.05, 0.1) is 0 Å². The summed E-state index contributed by atoms with van der Waals surface area (Å²) in [5.41, 5.74) is 6.08. The number of allylic oxidation sites excluding steroid dienone is 2. The average Bonchev–Trinajstić information content (AvgIpc) is 3.07. The van der Waals surface area contributed by atoms with E-state index in [-0.39, 0.29) is 54.8 Å². The highest BCUT2D eigenvalue weighted by molar-refractivity contribution is 7.87. The Balaban J connectivity index is 1.50. The molecular weight excluding hydrogens is 703 g/mol. The van der Waals surface area contributed by atoms with Crippen molar-refractivity contribution in [2.75, 3.05) is 0 Å². The van der Waals surface area contributed by atoms with Gasteiger partial charge in [0.1, 0.15) is 22.9 Å². The molecule has 2 aliphatic rings. The highest BCUT2D eigenvalue weighted by Crippen LogP contribution is 2.53. The highest BCUT2D eigenvalue weighted by atomic mass is 35.5. The molecule has 0 aliphatic heterocycles. The van der Waals surface area contributed by atoms with Gasteiger partial charge >= 0.3 is 0 Å². The molecule has 4 aromatic carbocycles. The van der Waals surface area contributed by atoms with Crippen LogP contribution in [0.4, 0.5) is 0 Å². The van der Waals surface area contributed by atoms with Crippen LogP contribution in [0.15, 0.2) is 107 Å². The molecule has 2 atom stereocenters. The standard InChI is InChI=1S/C32H24Cl2N4O8S2/c33-25-13-17(9-11-23(25)31(47(41,42)43)15-27(37-35)29(39)19-5-1-3-7-21(19)31)18-10-12-24(26(34)14-18)32(48(44,45)46)16-28(38-36)30(40)20-6-2-4-8-22(20)32/h1-14,35-36,39-40H,15-16H2,(H,41,42,43)(H,44,45,46)/b37-35+,38-36+. The number of nitrogens with zero attached hydrogens (tertiary/aromatic N) is 2. The van der Waals surface area contributed by atoms with E-state index in [0.29, 0.717) is 11.1 Å². The molecule has 12 nitrogen and oxygen atoms in total. The van der Waals surface area contributed by atoms with Crippen LogP contribution in [-0.4, -0.2) is 36.2 Å². The van der Waals surface area contributed by atoms with E-state index in [0.717, 1.165) is 0 Å². The monoisotopic (exact) mass is 726 g/mol. The zero-order valence-corrected chi connectivity index (χ0v) is 27.4. The third-order valence-corrected chi connectivity index (χ3v) is 12.4. The molecule has 48 heavy (non-hydrogen) atoms. The zero-order chi connectivity index (χ0) is 36.2. The van der Waals surface area contributed by atoms with E-state index in [4.69, 9.17) is 26.0 Å². The first-order valence-corrected chi connectivity index (χ1v) is 17.5. The first-order chi connectivity index (χ1) is 23.6. The number of aliphatic hydroxyl groups is 2. The minimum absolute atomic E-state index is 0.0126. The summed E-state index contributed by atoms with van der Waals surface area (Å²) >= 11 is 13.5. The molecule has 0 spiro atoms. The number of aliphatic hydroxyl groups excluding tert-OH is 2. The molecule has 6 rings (SSSR count). The van der Waals surface area contributed by atoms with Crippen molar-refractivity contribution in [1.29, 1.82) is 11.0 Å². The first-order valence-electron chi connectivity index (χ1n) is 14.8. The van der Waals surface area contributed by atoms with Crippen LogP contribution in [0, 0.1) is 11.0 Å². The van der Waals surface area contributed by atoms with Gasteiger partial charge in [-0.1, -0.05) is 96.0 Å². The van der Waals surface area contributed by atoms with E-state index in [1.807, 2.05) is 0 Å². The Hall–Kier alpha value is -4.44. The van der Waals surface area contributed by atoms with Gasteiger partial charge in [-0.15, -0.1) is 0 Å². The van der Waals surface area contributed by atoms with Crippen molar-refractivity contribution in [1.82, 2.24) is 0 Å². The van der Waals surface area contributed by atoms with Crippen LogP contribution in [0.1, 0.15) is 46.2 Å². The van der Waals surface area contributed by atoms with E-state index < -0.39 is 54.1 Å². The topological polar surface area (TPSA) is 222 Å². The Bertz CT molecular complexity index is 2270. The quantitative estimate of drug-likeness (QED) is 0.0801. The van der Waals surface area contributed by atoms with Crippen LogP contribution < -0.4 is 0 Å². The van der Waals surface area contributed by atoms with Gasteiger partial charge in [-0.25, -0.2) is 11.0 Å². The summed E-state index contributed by atoms with van der Waals surface area (Å²) in [5, 5.41) is 28.6. The van der Waals surface area contributed by atoms with Gasteiger partial charge < -0.3 is 10.2 Å². The average molecular weight is 728 g/mol. The Morgan fingerprint density at radius 3 is 1.33 bits per heavy atom. The Labute approximate surface area is 287 Å². The minimum atomic E-state index is -5.05. The lowest BCUT2D eigenvalue weighted by molar-refractivity contribution is 0.430. The third-order valence-electron chi connectivity index (χ3n) is 8.88. The molecule has 4 aromatic rings. The van der Waals surface area contributed by atoms with Crippen molar-refractivity contribution in [3.63, 3.8) is 0 Å². The predicted octanol–water partition coefficient (Wildman–Crippen LogP) is 8.25. The number of rotatable bonds is 7. The highest BCUT2D eigenvalue weighted by Gasteiger charge is 2.54. The third kappa shape index (κ3) is 4.78. The van der Waals surface area contributed by atoms with E-state index >= 15 is 0 Å². The smallest absolute Gasteiger partial charge is 0.279 e. The summed E-state index contributed by atoms with van der Waals surface area (Å²) in [4.78, 5) is 0. The van der Waals surface area contributed by atoms with Crippen LogP contribution in [0.25, 0.3) is 22.6 Å². The van der Waals surface area contributed by atoms with Gasteiger partial charge in [0.2, 0.25) is 2.82 Å². The van der Waals surface area contributed by atoms with Crippen molar-refractivity contribution >= 4 is 55.0 Å². The summed E-state index contributed by atoms with van der Waals surface area (Å²) in [6, 6.07) is 20.3. The van der Waals surface area contributed by atoms with E-state index in [2.05, 4.69) is 21.3 Å². The lowest BCUT2D eigenvalue weighted by Crippen LogP contribution is -2.40.